The SMILES string of the molecule is COc1ccc(-c2c(I)n(C)c3ncnc(N)c23)cc1. The molecule has 2 N–H and O–H groups in total. The van der Waals surface area contributed by atoms with Crippen molar-refractivity contribution in [1.82, 2.24) is 14.5 Å². The van der Waals surface area contributed by atoms with Crippen LogP contribution in [0.5, 0.6) is 5.75 Å². The van der Waals surface area contributed by atoms with Crippen molar-refractivity contribution in [2.75, 3.05) is 12.8 Å². The molecule has 102 valence electrons. The van der Waals surface area contributed by atoms with Crippen molar-refractivity contribution in [3.05, 3.63) is 34.3 Å². The number of nitrogens with zero attached hydrogens (tertiary/aromatic N) is 3. The van der Waals surface area contributed by atoms with Crippen molar-refractivity contribution in [3.63, 3.8) is 0 Å². The number of fused-ring (bicyclic) bond motifs is 1. The summed E-state index contributed by atoms with van der Waals surface area (Å²) in [5.41, 5.74) is 9.01. The van der Waals surface area contributed by atoms with E-state index < -0.39 is 0 Å². The molecule has 0 bridgehead atoms. The average molecular weight is 380 g/mol. The molecule has 0 aliphatic heterocycles. The molecular formula is C14H13IN4O. The van der Waals surface area contributed by atoms with Crippen molar-refractivity contribution in [2.24, 2.45) is 7.05 Å². The molecule has 5 nitrogen and oxygen atoms in total. The largest absolute Gasteiger partial charge is 0.497 e. The van der Waals surface area contributed by atoms with Gasteiger partial charge in [0.05, 0.1) is 16.2 Å². The van der Waals surface area contributed by atoms with Crippen LogP contribution in [0.25, 0.3) is 22.2 Å². The number of methoxy groups -OCH3 is 1. The first-order valence-electron chi connectivity index (χ1n) is 6.02. The summed E-state index contributed by atoms with van der Waals surface area (Å²) in [5.74, 6) is 1.33. The lowest BCUT2D eigenvalue weighted by Crippen LogP contribution is -1.95. The quantitative estimate of drug-likeness (QED) is 0.695. The van der Waals surface area contributed by atoms with E-state index in [2.05, 4.69) is 32.6 Å². The number of ether oxygens (including phenoxy) is 1. The molecule has 0 aliphatic rings. The van der Waals surface area contributed by atoms with Gasteiger partial charge in [-0.25, -0.2) is 9.97 Å². The lowest BCUT2D eigenvalue weighted by atomic mass is 10.1. The fraction of sp³-hybridized carbons (Fsp3) is 0.143. The van der Waals surface area contributed by atoms with Gasteiger partial charge in [-0.15, -0.1) is 0 Å². The number of anilines is 1. The Morgan fingerprint density at radius 2 is 1.90 bits per heavy atom. The van der Waals surface area contributed by atoms with Crippen LogP contribution in [0.3, 0.4) is 0 Å². The lowest BCUT2D eigenvalue weighted by molar-refractivity contribution is 0.415. The number of nitrogens with two attached hydrogens (primary N) is 1. The van der Waals surface area contributed by atoms with Crippen LogP contribution in [0.1, 0.15) is 0 Å². The second kappa shape index (κ2) is 4.93. The van der Waals surface area contributed by atoms with Crippen LogP contribution in [0.4, 0.5) is 5.82 Å². The van der Waals surface area contributed by atoms with E-state index in [-0.39, 0.29) is 0 Å². The summed E-state index contributed by atoms with van der Waals surface area (Å²) in [6.07, 6.45) is 1.49. The van der Waals surface area contributed by atoms with Crippen molar-refractivity contribution >= 4 is 39.4 Å². The van der Waals surface area contributed by atoms with Gasteiger partial charge in [-0.3, -0.25) is 0 Å². The molecule has 2 heterocycles. The maximum absolute atomic E-state index is 6.04. The van der Waals surface area contributed by atoms with Crippen LogP contribution in [0, 0.1) is 3.70 Å². The van der Waals surface area contributed by atoms with Crippen molar-refractivity contribution < 1.29 is 4.74 Å². The van der Waals surface area contributed by atoms with E-state index in [4.69, 9.17) is 10.5 Å². The van der Waals surface area contributed by atoms with Gasteiger partial charge in [0.25, 0.3) is 0 Å². The number of rotatable bonds is 2. The molecule has 0 saturated heterocycles. The summed E-state index contributed by atoms with van der Waals surface area (Å²) in [7, 11) is 3.63. The van der Waals surface area contributed by atoms with E-state index in [1.54, 1.807) is 7.11 Å². The first-order valence-corrected chi connectivity index (χ1v) is 7.10. The van der Waals surface area contributed by atoms with Crippen LogP contribution < -0.4 is 10.5 Å². The van der Waals surface area contributed by atoms with Gasteiger partial charge in [-0.1, -0.05) is 12.1 Å². The van der Waals surface area contributed by atoms with Crippen LogP contribution >= 0.6 is 22.6 Å². The van der Waals surface area contributed by atoms with E-state index in [1.165, 1.54) is 6.33 Å². The van der Waals surface area contributed by atoms with Crippen molar-refractivity contribution in [3.8, 4) is 16.9 Å². The fourth-order valence-electron chi connectivity index (χ4n) is 2.27. The van der Waals surface area contributed by atoms with E-state index in [0.29, 0.717) is 5.82 Å². The van der Waals surface area contributed by atoms with E-state index >= 15 is 0 Å². The highest BCUT2D eigenvalue weighted by Gasteiger charge is 2.18. The molecule has 20 heavy (non-hydrogen) atoms. The predicted molar refractivity (Wildman–Crippen MR) is 87.6 cm³/mol. The highest BCUT2D eigenvalue weighted by molar-refractivity contribution is 14.1. The molecule has 0 atom stereocenters. The maximum Gasteiger partial charge on any atom is 0.146 e. The Morgan fingerprint density at radius 3 is 2.55 bits per heavy atom. The molecule has 0 aliphatic carbocycles. The molecule has 0 spiro atoms. The summed E-state index contributed by atoms with van der Waals surface area (Å²) in [4.78, 5) is 8.43. The minimum atomic E-state index is 0.499. The number of nitrogen functional groups attached to an aromatic ring is 1. The smallest absolute Gasteiger partial charge is 0.146 e. The zero-order chi connectivity index (χ0) is 14.3. The molecule has 0 fully saturated rings. The Hall–Kier alpha value is -1.83. The topological polar surface area (TPSA) is 66.0 Å². The third-order valence-electron chi connectivity index (χ3n) is 3.30. The molecule has 0 radical (unpaired) electrons. The molecular weight excluding hydrogens is 367 g/mol. The van der Waals surface area contributed by atoms with Gasteiger partial charge in [-0.2, -0.15) is 0 Å². The Morgan fingerprint density at radius 1 is 1.20 bits per heavy atom. The van der Waals surface area contributed by atoms with Gasteiger partial charge < -0.3 is 15.0 Å². The number of aromatic nitrogens is 3. The zero-order valence-corrected chi connectivity index (χ0v) is 13.2. The normalized spacial score (nSPS) is 10.9. The third-order valence-corrected chi connectivity index (χ3v) is 4.57. The molecule has 6 heteroatoms. The number of halogens is 1. The number of benzene rings is 1. The summed E-state index contributed by atoms with van der Waals surface area (Å²) >= 11 is 2.30. The highest BCUT2D eigenvalue weighted by Crippen LogP contribution is 2.37. The van der Waals surface area contributed by atoms with E-state index in [1.807, 2.05) is 35.9 Å². The van der Waals surface area contributed by atoms with Crippen molar-refractivity contribution in [1.29, 1.82) is 0 Å². The molecule has 3 aromatic rings. The van der Waals surface area contributed by atoms with E-state index in [0.717, 1.165) is 31.6 Å². The summed E-state index contributed by atoms with van der Waals surface area (Å²) in [5, 5.41) is 0.893. The van der Waals surface area contributed by atoms with Crippen LogP contribution in [-0.2, 0) is 7.05 Å². The molecule has 0 amide bonds. The number of hydrogen-bond acceptors (Lipinski definition) is 4. The third kappa shape index (κ3) is 1.91. The number of aryl methyl sites for hydroxylation is 1. The fourth-order valence-corrected chi connectivity index (χ4v) is 3.08. The maximum atomic E-state index is 6.04. The van der Waals surface area contributed by atoms with Gasteiger partial charge >= 0.3 is 0 Å². The summed E-state index contributed by atoms with van der Waals surface area (Å²) in [6.45, 7) is 0. The molecule has 3 rings (SSSR count). The van der Waals surface area contributed by atoms with E-state index in [9.17, 15) is 0 Å². The van der Waals surface area contributed by atoms with Gasteiger partial charge in [0.15, 0.2) is 0 Å². The number of hydrogen-bond donors (Lipinski definition) is 1. The molecule has 2 aromatic heterocycles. The Labute approximate surface area is 129 Å². The summed E-state index contributed by atoms with van der Waals surface area (Å²) in [6, 6.07) is 7.90. The standard InChI is InChI=1S/C14H13IN4O/c1-19-12(15)10(8-3-5-9(20-2)6-4-8)11-13(16)17-7-18-14(11)19/h3-7H,1-2H3,(H2,16,17,18). The summed E-state index contributed by atoms with van der Waals surface area (Å²) < 4.78 is 8.30. The molecule has 0 unspecified atom stereocenters. The zero-order valence-electron chi connectivity index (χ0n) is 11.1. The van der Waals surface area contributed by atoms with Crippen LogP contribution in [-0.4, -0.2) is 21.6 Å². The highest BCUT2D eigenvalue weighted by atomic mass is 127. The van der Waals surface area contributed by atoms with Gasteiger partial charge in [0.1, 0.15) is 23.5 Å². The first kappa shape index (κ1) is 13.2. The monoisotopic (exact) mass is 380 g/mol. The minimum absolute atomic E-state index is 0.499. The Kier molecular flexibility index (Phi) is 3.25. The van der Waals surface area contributed by atoms with Gasteiger partial charge in [-0.05, 0) is 40.3 Å². The molecule has 0 saturated carbocycles. The Balaban J connectivity index is 2.32. The van der Waals surface area contributed by atoms with Crippen LogP contribution in [0.2, 0.25) is 0 Å². The second-order valence-electron chi connectivity index (χ2n) is 4.41. The Bertz CT molecular complexity index is 780. The average Bonchev–Trinajstić information content (AvgIpc) is 2.73. The van der Waals surface area contributed by atoms with Crippen LogP contribution in [0.15, 0.2) is 30.6 Å². The van der Waals surface area contributed by atoms with Gasteiger partial charge in [0, 0.05) is 12.6 Å². The second-order valence-corrected chi connectivity index (χ2v) is 5.43. The van der Waals surface area contributed by atoms with Gasteiger partial charge in [0.2, 0.25) is 0 Å². The predicted octanol–water partition coefficient (Wildman–Crippen LogP) is 2.83. The minimum Gasteiger partial charge on any atom is -0.497 e. The van der Waals surface area contributed by atoms with Crippen molar-refractivity contribution in [2.45, 2.75) is 0 Å². The lowest BCUT2D eigenvalue weighted by Gasteiger charge is -2.04. The first-order chi connectivity index (χ1) is 9.63. The molecule has 1 aromatic carbocycles.